The molecule has 0 aliphatic carbocycles. The lowest BCUT2D eigenvalue weighted by molar-refractivity contribution is 0.186. The fraction of sp³-hybridized carbons (Fsp3) is 0.357. The molecule has 19 heavy (non-hydrogen) atoms. The third-order valence-corrected chi connectivity index (χ3v) is 3.79. The molecule has 0 spiro atoms. The molecule has 0 aliphatic rings. The van der Waals surface area contributed by atoms with E-state index in [-0.39, 0.29) is 0 Å². The zero-order valence-electron chi connectivity index (χ0n) is 11.4. The highest BCUT2D eigenvalue weighted by Crippen LogP contribution is 2.17. The van der Waals surface area contributed by atoms with E-state index in [2.05, 4.69) is 21.9 Å². The van der Waals surface area contributed by atoms with Gasteiger partial charge in [0.2, 0.25) is 0 Å². The molecule has 102 valence electrons. The summed E-state index contributed by atoms with van der Waals surface area (Å²) in [6.07, 6.45) is 0. The summed E-state index contributed by atoms with van der Waals surface area (Å²) in [4.78, 5) is 5.65. The van der Waals surface area contributed by atoms with Crippen molar-refractivity contribution >= 4 is 17.0 Å². The number of benzene rings is 1. The maximum absolute atomic E-state index is 5.14. The maximum atomic E-state index is 5.14. The summed E-state index contributed by atoms with van der Waals surface area (Å²) in [6, 6.07) is 7.74. The predicted octanol–water partition coefficient (Wildman–Crippen LogP) is 2.75. The van der Waals surface area contributed by atoms with Crippen molar-refractivity contribution in [2.45, 2.75) is 13.5 Å². The number of thiazole rings is 1. The Morgan fingerprint density at radius 1 is 1.21 bits per heavy atom. The van der Waals surface area contributed by atoms with E-state index < -0.39 is 0 Å². The van der Waals surface area contributed by atoms with E-state index in [0.717, 1.165) is 22.8 Å². The summed E-state index contributed by atoms with van der Waals surface area (Å²) in [7, 11) is 3.37. The second-order valence-corrected chi connectivity index (χ2v) is 4.95. The van der Waals surface area contributed by atoms with E-state index in [1.54, 1.807) is 25.6 Å². The number of methoxy groups -OCH3 is 2. The largest absolute Gasteiger partial charge is 0.497 e. The smallest absolute Gasteiger partial charge is 0.190 e. The van der Waals surface area contributed by atoms with Gasteiger partial charge in [-0.15, -0.1) is 11.3 Å². The van der Waals surface area contributed by atoms with Gasteiger partial charge < -0.3 is 14.0 Å². The molecule has 0 radical (unpaired) electrons. The Bertz CT molecular complexity index is 584. The number of aryl methyl sites for hydroxylation is 1. The fourth-order valence-corrected chi connectivity index (χ4v) is 2.65. The lowest BCUT2D eigenvalue weighted by Gasteiger charge is -2.04. The third kappa shape index (κ3) is 3.45. The molecule has 0 saturated heterocycles. The summed E-state index contributed by atoms with van der Waals surface area (Å²) in [5, 5.41) is 2.11. The van der Waals surface area contributed by atoms with Crippen molar-refractivity contribution in [2.75, 3.05) is 20.8 Å². The molecule has 1 aromatic carbocycles. The Kier molecular flexibility index (Phi) is 4.76. The minimum absolute atomic E-state index is 0.688. The first-order valence-electron chi connectivity index (χ1n) is 6.07. The molecule has 0 fully saturated rings. The van der Waals surface area contributed by atoms with E-state index in [4.69, 9.17) is 9.47 Å². The zero-order valence-corrected chi connectivity index (χ0v) is 12.2. The van der Waals surface area contributed by atoms with Crippen LogP contribution in [0.2, 0.25) is 0 Å². The molecule has 0 saturated carbocycles. The number of aromatic nitrogens is 1. The van der Waals surface area contributed by atoms with Gasteiger partial charge in [0.25, 0.3) is 0 Å². The Morgan fingerprint density at radius 2 is 1.95 bits per heavy atom. The first-order valence-corrected chi connectivity index (χ1v) is 6.95. The van der Waals surface area contributed by atoms with Crippen molar-refractivity contribution in [1.82, 2.24) is 4.57 Å². The van der Waals surface area contributed by atoms with E-state index >= 15 is 0 Å². The van der Waals surface area contributed by atoms with Crippen molar-refractivity contribution in [3.8, 4) is 5.75 Å². The van der Waals surface area contributed by atoms with Crippen LogP contribution in [0.5, 0.6) is 5.75 Å². The first-order chi connectivity index (χ1) is 9.24. The van der Waals surface area contributed by atoms with Crippen LogP contribution in [-0.2, 0) is 11.3 Å². The number of ether oxygens (including phenoxy) is 2. The molecule has 4 nitrogen and oxygen atoms in total. The standard InChI is InChI=1S/C14H18N2O2S/c1-11-10-19-14(16(11)8-9-17-2)15-12-4-6-13(18-3)7-5-12/h4-7,10H,8-9H2,1-3H3. The highest BCUT2D eigenvalue weighted by Gasteiger charge is 2.01. The summed E-state index contributed by atoms with van der Waals surface area (Å²) in [5.74, 6) is 0.841. The van der Waals surface area contributed by atoms with Crippen LogP contribution in [0.1, 0.15) is 5.69 Å². The van der Waals surface area contributed by atoms with Gasteiger partial charge in [-0.1, -0.05) is 0 Å². The molecule has 0 unspecified atom stereocenters. The molecule has 1 aromatic heterocycles. The van der Waals surface area contributed by atoms with Crippen molar-refractivity contribution in [1.29, 1.82) is 0 Å². The average Bonchev–Trinajstić information content (AvgIpc) is 2.78. The van der Waals surface area contributed by atoms with Crippen LogP contribution in [0.3, 0.4) is 0 Å². The normalized spacial score (nSPS) is 11.8. The summed E-state index contributed by atoms with van der Waals surface area (Å²) >= 11 is 1.64. The van der Waals surface area contributed by atoms with Gasteiger partial charge in [0.1, 0.15) is 5.75 Å². The molecular weight excluding hydrogens is 260 g/mol. The van der Waals surface area contributed by atoms with E-state index in [9.17, 15) is 0 Å². The maximum Gasteiger partial charge on any atom is 0.190 e. The molecule has 0 atom stereocenters. The van der Waals surface area contributed by atoms with Crippen molar-refractivity contribution < 1.29 is 9.47 Å². The molecule has 0 bridgehead atoms. The molecular formula is C14H18N2O2S. The quantitative estimate of drug-likeness (QED) is 0.843. The Hall–Kier alpha value is -1.59. The topological polar surface area (TPSA) is 35.8 Å². The monoisotopic (exact) mass is 278 g/mol. The zero-order chi connectivity index (χ0) is 13.7. The van der Waals surface area contributed by atoms with E-state index in [0.29, 0.717) is 6.61 Å². The molecule has 0 amide bonds. The molecule has 0 aliphatic heterocycles. The van der Waals surface area contributed by atoms with Gasteiger partial charge in [-0.3, -0.25) is 0 Å². The van der Waals surface area contributed by atoms with Crippen molar-refractivity contribution in [3.05, 3.63) is 40.1 Å². The van der Waals surface area contributed by atoms with E-state index in [1.807, 2.05) is 24.3 Å². The molecule has 2 aromatic rings. The van der Waals surface area contributed by atoms with Crippen LogP contribution in [-0.4, -0.2) is 25.4 Å². The average molecular weight is 278 g/mol. The second-order valence-electron chi connectivity index (χ2n) is 4.11. The minimum Gasteiger partial charge on any atom is -0.497 e. The number of nitrogens with zero attached hydrogens (tertiary/aromatic N) is 2. The molecule has 2 rings (SSSR count). The van der Waals surface area contributed by atoms with Crippen molar-refractivity contribution in [2.24, 2.45) is 4.99 Å². The molecule has 0 N–H and O–H groups in total. The summed E-state index contributed by atoms with van der Waals surface area (Å²) in [5.41, 5.74) is 2.13. The van der Waals surface area contributed by atoms with Gasteiger partial charge >= 0.3 is 0 Å². The summed E-state index contributed by atoms with van der Waals surface area (Å²) in [6.45, 7) is 3.59. The van der Waals surface area contributed by atoms with Crippen LogP contribution >= 0.6 is 11.3 Å². The lowest BCUT2D eigenvalue weighted by Crippen LogP contribution is -2.18. The van der Waals surface area contributed by atoms with Crippen LogP contribution < -0.4 is 9.54 Å². The molecule has 1 heterocycles. The lowest BCUT2D eigenvalue weighted by atomic mass is 10.3. The van der Waals surface area contributed by atoms with Gasteiger partial charge in [-0.2, -0.15) is 0 Å². The number of hydrogen-bond acceptors (Lipinski definition) is 4. The predicted molar refractivity (Wildman–Crippen MR) is 77.1 cm³/mol. The van der Waals surface area contributed by atoms with Crippen LogP contribution in [0.4, 0.5) is 5.69 Å². The number of rotatable bonds is 5. The van der Waals surface area contributed by atoms with Crippen LogP contribution in [0.25, 0.3) is 0 Å². The van der Waals surface area contributed by atoms with E-state index in [1.165, 1.54) is 5.69 Å². The van der Waals surface area contributed by atoms with Gasteiger partial charge in [-0.25, -0.2) is 4.99 Å². The van der Waals surface area contributed by atoms with Crippen molar-refractivity contribution in [3.63, 3.8) is 0 Å². The van der Waals surface area contributed by atoms with Gasteiger partial charge in [0.05, 0.1) is 19.4 Å². The van der Waals surface area contributed by atoms with Gasteiger partial charge in [-0.05, 0) is 31.2 Å². The molecule has 5 heteroatoms. The summed E-state index contributed by atoms with van der Waals surface area (Å²) < 4.78 is 12.4. The fourth-order valence-electron chi connectivity index (χ4n) is 1.72. The second kappa shape index (κ2) is 6.54. The van der Waals surface area contributed by atoms with Gasteiger partial charge in [0.15, 0.2) is 4.80 Å². The van der Waals surface area contributed by atoms with Crippen LogP contribution in [0, 0.1) is 6.92 Å². The van der Waals surface area contributed by atoms with Gasteiger partial charge in [0, 0.05) is 24.7 Å². The SMILES string of the molecule is COCCn1c(C)csc1=Nc1ccc(OC)cc1. The highest BCUT2D eigenvalue weighted by atomic mass is 32.1. The number of hydrogen-bond donors (Lipinski definition) is 0. The third-order valence-electron chi connectivity index (χ3n) is 2.81. The first kappa shape index (κ1) is 13.8. The Balaban J connectivity index is 2.31. The highest BCUT2D eigenvalue weighted by molar-refractivity contribution is 7.07. The van der Waals surface area contributed by atoms with Crippen LogP contribution in [0.15, 0.2) is 34.6 Å². The minimum atomic E-state index is 0.688. The Labute approximate surface area is 117 Å². The Morgan fingerprint density at radius 3 is 2.58 bits per heavy atom.